The molecule has 0 aromatic heterocycles. The first-order valence-corrected chi connectivity index (χ1v) is 6.93. The van der Waals surface area contributed by atoms with Crippen LogP contribution in [0.3, 0.4) is 0 Å². The number of hydrogen-bond acceptors (Lipinski definition) is 4. The van der Waals surface area contributed by atoms with Crippen molar-refractivity contribution in [2.24, 2.45) is 5.92 Å². The van der Waals surface area contributed by atoms with Gasteiger partial charge in [-0.05, 0) is 37.1 Å². The Morgan fingerprint density at radius 1 is 1.50 bits per heavy atom. The molecule has 1 aliphatic rings. The van der Waals surface area contributed by atoms with E-state index in [1.165, 1.54) is 6.07 Å². The highest BCUT2D eigenvalue weighted by molar-refractivity contribution is 5.87. The van der Waals surface area contributed by atoms with E-state index in [1.54, 1.807) is 18.2 Å². The SMILES string of the molecule is CC1CCN(CCOc2cccc(C(=O)O)c2)C1CO. The minimum Gasteiger partial charge on any atom is -0.492 e. The van der Waals surface area contributed by atoms with Crippen molar-refractivity contribution < 1.29 is 19.7 Å². The number of benzene rings is 1. The molecule has 110 valence electrons. The topological polar surface area (TPSA) is 70.0 Å². The number of ether oxygens (including phenoxy) is 1. The summed E-state index contributed by atoms with van der Waals surface area (Å²) >= 11 is 0. The van der Waals surface area contributed by atoms with Crippen LogP contribution in [0.15, 0.2) is 24.3 Å². The van der Waals surface area contributed by atoms with Crippen LogP contribution in [0, 0.1) is 5.92 Å². The van der Waals surface area contributed by atoms with Crippen molar-refractivity contribution in [1.29, 1.82) is 0 Å². The van der Waals surface area contributed by atoms with Gasteiger partial charge in [-0.1, -0.05) is 13.0 Å². The van der Waals surface area contributed by atoms with Crippen molar-refractivity contribution in [2.75, 3.05) is 26.3 Å². The van der Waals surface area contributed by atoms with Crippen molar-refractivity contribution in [2.45, 2.75) is 19.4 Å². The van der Waals surface area contributed by atoms with Crippen molar-refractivity contribution in [3.05, 3.63) is 29.8 Å². The van der Waals surface area contributed by atoms with Crippen LogP contribution in [0.4, 0.5) is 0 Å². The lowest BCUT2D eigenvalue weighted by molar-refractivity contribution is 0.0696. The average Bonchev–Trinajstić information content (AvgIpc) is 2.79. The van der Waals surface area contributed by atoms with E-state index in [1.807, 2.05) is 0 Å². The van der Waals surface area contributed by atoms with Gasteiger partial charge < -0.3 is 14.9 Å². The fourth-order valence-corrected chi connectivity index (χ4v) is 2.66. The molecule has 5 heteroatoms. The van der Waals surface area contributed by atoms with Crippen LogP contribution in [-0.4, -0.2) is 53.4 Å². The first kappa shape index (κ1) is 14.8. The van der Waals surface area contributed by atoms with Gasteiger partial charge in [-0.3, -0.25) is 4.90 Å². The van der Waals surface area contributed by atoms with E-state index in [-0.39, 0.29) is 18.2 Å². The average molecular weight is 279 g/mol. The Hall–Kier alpha value is -1.59. The number of hydrogen-bond donors (Lipinski definition) is 2. The predicted octanol–water partition coefficient (Wildman–Crippen LogP) is 1.47. The quantitative estimate of drug-likeness (QED) is 0.825. The van der Waals surface area contributed by atoms with Crippen molar-refractivity contribution in [3.63, 3.8) is 0 Å². The second-order valence-electron chi connectivity index (χ2n) is 5.23. The number of rotatable bonds is 6. The lowest BCUT2D eigenvalue weighted by atomic mass is 10.0. The van der Waals surface area contributed by atoms with Gasteiger partial charge in [-0.15, -0.1) is 0 Å². The maximum Gasteiger partial charge on any atom is 0.335 e. The van der Waals surface area contributed by atoms with Gasteiger partial charge >= 0.3 is 5.97 Å². The summed E-state index contributed by atoms with van der Waals surface area (Å²) in [6, 6.07) is 6.71. The third kappa shape index (κ3) is 3.49. The maximum absolute atomic E-state index is 10.9. The fraction of sp³-hybridized carbons (Fsp3) is 0.533. The zero-order chi connectivity index (χ0) is 14.5. The highest BCUT2D eigenvalue weighted by atomic mass is 16.5. The summed E-state index contributed by atoms with van der Waals surface area (Å²) in [6.45, 7) is 4.54. The molecule has 0 amide bonds. The molecular formula is C15H21NO4. The Bertz CT molecular complexity index is 463. The zero-order valence-corrected chi connectivity index (χ0v) is 11.7. The smallest absolute Gasteiger partial charge is 0.335 e. The molecule has 0 saturated carbocycles. The van der Waals surface area contributed by atoms with Crippen LogP contribution in [0.25, 0.3) is 0 Å². The molecule has 0 spiro atoms. The molecule has 1 fully saturated rings. The van der Waals surface area contributed by atoms with Gasteiger partial charge in [0.15, 0.2) is 0 Å². The van der Waals surface area contributed by atoms with E-state index in [2.05, 4.69) is 11.8 Å². The van der Waals surface area contributed by atoms with Crippen LogP contribution in [0.2, 0.25) is 0 Å². The molecular weight excluding hydrogens is 258 g/mol. The summed E-state index contributed by atoms with van der Waals surface area (Å²) in [5.41, 5.74) is 0.227. The molecule has 0 bridgehead atoms. The number of aliphatic hydroxyl groups excluding tert-OH is 1. The number of carboxylic acids is 1. The number of carboxylic acid groups (broad SMARTS) is 1. The lowest BCUT2D eigenvalue weighted by Crippen LogP contribution is -2.37. The Morgan fingerprint density at radius 3 is 3.00 bits per heavy atom. The molecule has 1 aromatic rings. The molecule has 0 radical (unpaired) electrons. The molecule has 0 aliphatic carbocycles. The minimum absolute atomic E-state index is 0.176. The summed E-state index contributed by atoms with van der Waals surface area (Å²) < 4.78 is 5.60. The van der Waals surface area contributed by atoms with Gasteiger partial charge in [0.2, 0.25) is 0 Å². The summed E-state index contributed by atoms with van der Waals surface area (Å²) in [7, 11) is 0. The van der Waals surface area contributed by atoms with Crippen LogP contribution >= 0.6 is 0 Å². The van der Waals surface area contributed by atoms with E-state index in [4.69, 9.17) is 9.84 Å². The molecule has 5 nitrogen and oxygen atoms in total. The van der Waals surface area contributed by atoms with E-state index >= 15 is 0 Å². The number of aliphatic hydroxyl groups is 1. The summed E-state index contributed by atoms with van der Waals surface area (Å²) in [4.78, 5) is 13.1. The van der Waals surface area contributed by atoms with Gasteiger partial charge in [-0.25, -0.2) is 4.79 Å². The Kier molecular flexibility index (Phi) is 4.98. The van der Waals surface area contributed by atoms with Crippen molar-refractivity contribution in [3.8, 4) is 5.75 Å². The second kappa shape index (κ2) is 6.72. The highest BCUT2D eigenvalue weighted by Gasteiger charge is 2.29. The van der Waals surface area contributed by atoms with E-state index in [0.29, 0.717) is 18.3 Å². The highest BCUT2D eigenvalue weighted by Crippen LogP contribution is 2.23. The summed E-state index contributed by atoms with van der Waals surface area (Å²) in [5, 5.41) is 18.3. The molecule has 2 unspecified atom stereocenters. The van der Waals surface area contributed by atoms with Gasteiger partial charge in [-0.2, -0.15) is 0 Å². The fourth-order valence-electron chi connectivity index (χ4n) is 2.66. The monoisotopic (exact) mass is 279 g/mol. The van der Waals surface area contributed by atoms with Crippen LogP contribution in [-0.2, 0) is 0 Å². The first-order valence-electron chi connectivity index (χ1n) is 6.93. The zero-order valence-electron chi connectivity index (χ0n) is 11.7. The number of carbonyl (C=O) groups is 1. The molecule has 2 rings (SSSR count). The predicted molar refractivity (Wildman–Crippen MR) is 75.1 cm³/mol. The number of aromatic carboxylic acids is 1. The summed E-state index contributed by atoms with van der Waals surface area (Å²) in [5.74, 6) is 0.122. The molecule has 1 heterocycles. The number of likely N-dealkylation sites (tertiary alicyclic amines) is 1. The number of nitrogens with zero attached hydrogens (tertiary/aromatic N) is 1. The standard InChI is InChI=1S/C15H21NO4/c1-11-5-6-16(14(11)10-17)7-8-20-13-4-2-3-12(9-13)15(18)19/h2-4,9,11,14,17H,5-8,10H2,1H3,(H,18,19). The van der Waals surface area contributed by atoms with Gasteiger partial charge in [0.05, 0.1) is 12.2 Å². The second-order valence-corrected chi connectivity index (χ2v) is 5.23. The maximum atomic E-state index is 10.9. The minimum atomic E-state index is -0.954. The summed E-state index contributed by atoms with van der Waals surface area (Å²) in [6.07, 6.45) is 1.10. The Morgan fingerprint density at radius 2 is 2.30 bits per heavy atom. The molecule has 1 aromatic carbocycles. The molecule has 2 atom stereocenters. The van der Waals surface area contributed by atoms with Crippen molar-refractivity contribution >= 4 is 5.97 Å². The first-order chi connectivity index (χ1) is 9.61. The molecule has 2 N–H and O–H groups in total. The third-order valence-electron chi connectivity index (χ3n) is 3.91. The van der Waals surface area contributed by atoms with Crippen LogP contribution < -0.4 is 4.74 Å². The Labute approximate surface area is 118 Å². The van der Waals surface area contributed by atoms with Gasteiger partial charge in [0, 0.05) is 12.6 Å². The molecule has 1 saturated heterocycles. The normalized spacial score (nSPS) is 22.9. The lowest BCUT2D eigenvalue weighted by Gasteiger charge is -2.24. The Balaban J connectivity index is 1.84. The van der Waals surface area contributed by atoms with Crippen LogP contribution in [0.1, 0.15) is 23.7 Å². The van der Waals surface area contributed by atoms with Gasteiger partial charge in [0.25, 0.3) is 0 Å². The van der Waals surface area contributed by atoms with Crippen LogP contribution in [0.5, 0.6) is 5.75 Å². The largest absolute Gasteiger partial charge is 0.492 e. The third-order valence-corrected chi connectivity index (χ3v) is 3.91. The van der Waals surface area contributed by atoms with E-state index in [9.17, 15) is 9.90 Å². The molecule has 20 heavy (non-hydrogen) atoms. The van der Waals surface area contributed by atoms with Gasteiger partial charge in [0.1, 0.15) is 12.4 Å². The van der Waals surface area contributed by atoms with E-state index in [0.717, 1.165) is 19.5 Å². The van der Waals surface area contributed by atoms with E-state index < -0.39 is 5.97 Å². The van der Waals surface area contributed by atoms with Crippen molar-refractivity contribution in [1.82, 2.24) is 4.90 Å². The molecule has 1 aliphatic heterocycles.